The number of carbonyl (C=O) groups is 2. The van der Waals surface area contributed by atoms with Gasteiger partial charge < -0.3 is 10.4 Å². The number of fused-ring (bicyclic) bond motifs is 1. The van der Waals surface area contributed by atoms with Crippen molar-refractivity contribution < 1.29 is 14.7 Å². The number of hydrogen-bond acceptors (Lipinski definition) is 3. The first kappa shape index (κ1) is 16.8. The van der Waals surface area contributed by atoms with Crippen molar-refractivity contribution in [2.75, 3.05) is 6.54 Å². The highest BCUT2D eigenvalue weighted by molar-refractivity contribution is 5.93. The Morgan fingerprint density at radius 2 is 1.81 bits per heavy atom. The summed E-state index contributed by atoms with van der Waals surface area (Å²) in [6.45, 7) is 0.752. The van der Waals surface area contributed by atoms with Crippen molar-refractivity contribution in [2.24, 2.45) is 23.2 Å². The van der Waals surface area contributed by atoms with E-state index in [0.717, 1.165) is 24.3 Å². The van der Waals surface area contributed by atoms with Crippen molar-refractivity contribution in [3.63, 3.8) is 0 Å². The second kappa shape index (κ2) is 6.08. The van der Waals surface area contributed by atoms with Gasteiger partial charge in [0.15, 0.2) is 0 Å². The van der Waals surface area contributed by atoms with Gasteiger partial charge in [-0.1, -0.05) is 6.07 Å². The molecule has 2 aromatic heterocycles. The normalized spacial score (nSPS) is 31.3. The predicted molar refractivity (Wildman–Crippen MR) is 99.5 cm³/mol. The van der Waals surface area contributed by atoms with Gasteiger partial charge in [-0.3, -0.25) is 14.0 Å². The zero-order chi connectivity index (χ0) is 18.6. The van der Waals surface area contributed by atoms with Crippen LogP contribution in [0.5, 0.6) is 0 Å². The summed E-state index contributed by atoms with van der Waals surface area (Å²) < 4.78 is 1.70. The number of carbonyl (C=O) groups excluding carboxylic acids is 1. The number of rotatable bonds is 5. The number of carboxylic acid groups (broad SMARTS) is 1. The third-order valence-corrected chi connectivity index (χ3v) is 6.90. The fourth-order valence-corrected chi connectivity index (χ4v) is 6.35. The molecular formula is C21H25N3O3. The Labute approximate surface area is 158 Å². The summed E-state index contributed by atoms with van der Waals surface area (Å²) in [5, 5.41) is 12.2. The molecule has 2 heterocycles. The predicted octanol–water partition coefficient (Wildman–Crippen LogP) is 2.91. The Bertz CT molecular complexity index is 881. The largest absolute Gasteiger partial charge is 0.481 e. The van der Waals surface area contributed by atoms with Crippen molar-refractivity contribution in [1.82, 2.24) is 14.7 Å². The Balaban J connectivity index is 1.34. The van der Waals surface area contributed by atoms with Crippen molar-refractivity contribution in [3.8, 4) is 0 Å². The fourth-order valence-electron chi connectivity index (χ4n) is 6.35. The molecule has 4 saturated carbocycles. The zero-order valence-corrected chi connectivity index (χ0v) is 15.4. The lowest BCUT2D eigenvalue weighted by Gasteiger charge is -2.56. The topological polar surface area (TPSA) is 83.7 Å². The van der Waals surface area contributed by atoms with Gasteiger partial charge in [0.05, 0.1) is 12.1 Å². The number of hydrogen-bond donors (Lipinski definition) is 2. The molecule has 0 atom stereocenters. The molecule has 4 aliphatic carbocycles. The van der Waals surface area contributed by atoms with Crippen LogP contribution in [0.2, 0.25) is 0 Å². The number of nitrogens with one attached hydrogen (secondary N) is 1. The molecule has 0 saturated heterocycles. The van der Waals surface area contributed by atoms with Crippen LogP contribution in [-0.2, 0) is 11.2 Å². The van der Waals surface area contributed by atoms with E-state index in [0.29, 0.717) is 22.5 Å². The Hall–Kier alpha value is -2.37. The maximum Gasteiger partial charge on any atom is 0.309 e. The molecule has 6 heteroatoms. The highest BCUT2D eigenvalue weighted by Crippen LogP contribution is 2.59. The Morgan fingerprint density at radius 1 is 1.15 bits per heavy atom. The van der Waals surface area contributed by atoms with Crippen molar-refractivity contribution in [3.05, 3.63) is 35.8 Å². The van der Waals surface area contributed by atoms with Crippen molar-refractivity contribution in [2.45, 2.75) is 44.9 Å². The summed E-state index contributed by atoms with van der Waals surface area (Å²) in [5.74, 6) is 1.57. The average Bonchev–Trinajstić information content (AvgIpc) is 3.00. The summed E-state index contributed by atoms with van der Waals surface area (Å²) >= 11 is 0. The van der Waals surface area contributed by atoms with E-state index in [1.807, 2.05) is 0 Å². The summed E-state index contributed by atoms with van der Waals surface area (Å²) in [7, 11) is 0. The van der Waals surface area contributed by atoms with E-state index in [4.69, 9.17) is 5.11 Å². The molecule has 0 aromatic carbocycles. The summed E-state index contributed by atoms with van der Waals surface area (Å²) in [5.41, 5.74) is 1.88. The maximum absolute atomic E-state index is 12.9. The lowest BCUT2D eigenvalue weighted by Crippen LogP contribution is -2.51. The van der Waals surface area contributed by atoms with E-state index >= 15 is 0 Å². The van der Waals surface area contributed by atoms with Gasteiger partial charge >= 0.3 is 5.97 Å². The number of nitrogens with zero attached hydrogens (tertiary/aromatic N) is 2. The SMILES string of the molecule is O=C(O)Cc1cn2c(C(=O)NCC34CC5CC(CC(C5)C3)C4)cccc2n1. The molecule has 4 bridgehead atoms. The van der Waals surface area contributed by atoms with Gasteiger partial charge in [-0.05, 0) is 73.8 Å². The van der Waals surface area contributed by atoms with Gasteiger partial charge in [-0.15, -0.1) is 0 Å². The molecule has 0 unspecified atom stereocenters. The number of carboxylic acids is 1. The molecule has 142 valence electrons. The molecule has 0 aliphatic heterocycles. The molecule has 2 aromatic rings. The number of pyridine rings is 1. The van der Waals surface area contributed by atoms with Crippen LogP contribution in [0.4, 0.5) is 0 Å². The smallest absolute Gasteiger partial charge is 0.309 e. The van der Waals surface area contributed by atoms with E-state index in [9.17, 15) is 9.59 Å². The van der Waals surface area contributed by atoms with Crippen LogP contribution in [0.25, 0.3) is 5.65 Å². The molecule has 0 radical (unpaired) electrons. The van der Waals surface area contributed by atoms with Crippen LogP contribution >= 0.6 is 0 Å². The Kier molecular flexibility index (Phi) is 3.78. The first-order valence-electron chi connectivity index (χ1n) is 9.97. The van der Waals surface area contributed by atoms with Gasteiger partial charge in [0.1, 0.15) is 11.3 Å². The molecule has 27 heavy (non-hydrogen) atoms. The monoisotopic (exact) mass is 367 g/mol. The lowest BCUT2D eigenvalue weighted by molar-refractivity contribution is -0.136. The molecule has 6 rings (SSSR count). The van der Waals surface area contributed by atoms with Crippen LogP contribution in [-0.4, -0.2) is 32.9 Å². The van der Waals surface area contributed by atoms with Gasteiger partial charge in [-0.25, -0.2) is 4.98 Å². The van der Waals surface area contributed by atoms with E-state index in [1.165, 1.54) is 38.5 Å². The standard InChI is InChI=1S/C21H25N3O3/c25-19(26)7-16-11-24-17(2-1-3-18(24)23-16)20(27)22-12-21-8-13-4-14(9-21)6-15(5-13)10-21/h1-3,11,13-15H,4-10,12H2,(H,22,27)(H,25,26). The van der Waals surface area contributed by atoms with Crippen LogP contribution in [0.3, 0.4) is 0 Å². The third-order valence-electron chi connectivity index (χ3n) is 6.90. The third kappa shape index (κ3) is 3.01. The Morgan fingerprint density at radius 3 is 2.44 bits per heavy atom. The molecule has 4 fully saturated rings. The minimum atomic E-state index is -0.925. The zero-order valence-electron chi connectivity index (χ0n) is 15.4. The summed E-state index contributed by atoms with van der Waals surface area (Å²) in [6, 6.07) is 5.36. The van der Waals surface area contributed by atoms with Crippen molar-refractivity contribution >= 4 is 17.5 Å². The molecule has 1 amide bonds. The van der Waals surface area contributed by atoms with Gasteiger partial charge in [0, 0.05) is 12.7 Å². The molecular weight excluding hydrogens is 342 g/mol. The first-order chi connectivity index (χ1) is 13.0. The van der Waals surface area contributed by atoms with Crippen LogP contribution in [0.15, 0.2) is 24.4 Å². The van der Waals surface area contributed by atoms with E-state index in [-0.39, 0.29) is 12.3 Å². The van der Waals surface area contributed by atoms with Gasteiger partial charge in [0.25, 0.3) is 5.91 Å². The van der Waals surface area contributed by atoms with E-state index in [2.05, 4.69) is 10.3 Å². The van der Waals surface area contributed by atoms with Crippen LogP contribution in [0.1, 0.15) is 54.7 Å². The highest BCUT2D eigenvalue weighted by Gasteiger charge is 2.50. The van der Waals surface area contributed by atoms with Gasteiger partial charge in [0.2, 0.25) is 0 Å². The quantitative estimate of drug-likeness (QED) is 0.851. The summed E-state index contributed by atoms with van der Waals surface area (Å²) in [4.78, 5) is 28.2. The van der Waals surface area contributed by atoms with E-state index < -0.39 is 5.97 Å². The van der Waals surface area contributed by atoms with E-state index in [1.54, 1.807) is 28.8 Å². The maximum atomic E-state index is 12.9. The number of aliphatic carboxylic acids is 1. The fraction of sp³-hybridized carbons (Fsp3) is 0.571. The average molecular weight is 367 g/mol. The molecule has 6 nitrogen and oxygen atoms in total. The van der Waals surface area contributed by atoms with Gasteiger partial charge in [-0.2, -0.15) is 0 Å². The first-order valence-corrected chi connectivity index (χ1v) is 9.97. The van der Waals surface area contributed by atoms with Crippen LogP contribution < -0.4 is 5.32 Å². The second-order valence-corrected chi connectivity index (χ2v) is 9.04. The lowest BCUT2D eigenvalue weighted by atomic mass is 9.49. The van der Waals surface area contributed by atoms with Crippen molar-refractivity contribution in [1.29, 1.82) is 0 Å². The summed E-state index contributed by atoms with van der Waals surface area (Å²) in [6.07, 6.45) is 9.49. The molecule has 0 spiro atoms. The number of imidazole rings is 1. The number of amides is 1. The molecule has 4 aliphatic rings. The van der Waals surface area contributed by atoms with Crippen LogP contribution in [0, 0.1) is 23.2 Å². The second-order valence-electron chi connectivity index (χ2n) is 9.04. The minimum Gasteiger partial charge on any atom is -0.481 e. The number of aromatic nitrogens is 2. The molecule has 2 N–H and O–H groups in total. The highest BCUT2D eigenvalue weighted by atomic mass is 16.4. The minimum absolute atomic E-state index is 0.101.